The van der Waals surface area contributed by atoms with Crippen molar-refractivity contribution in [1.82, 2.24) is 10.2 Å². The lowest BCUT2D eigenvalue weighted by atomic mass is 9.82. The highest BCUT2D eigenvalue weighted by molar-refractivity contribution is 6.13. The van der Waals surface area contributed by atoms with Crippen LogP contribution in [0.2, 0.25) is 0 Å². The molecule has 32 heavy (non-hydrogen) atoms. The maximum Gasteiger partial charge on any atom is 0.325 e. The molecule has 0 spiro atoms. The first-order valence-corrected chi connectivity index (χ1v) is 9.99. The smallest absolute Gasteiger partial charge is 0.315 e. The van der Waals surface area contributed by atoms with Crippen molar-refractivity contribution in [2.45, 2.75) is 19.4 Å². The topological polar surface area (TPSA) is 66.5 Å². The van der Waals surface area contributed by atoms with Crippen molar-refractivity contribution >= 4 is 17.7 Å². The first kappa shape index (κ1) is 21.4. The molecule has 1 aliphatic rings. The quantitative estimate of drug-likeness (QED) is 0.482. The van der Waals surface area contributed by atoms with Crippen molar-refractivity contribution < 1.29 is 23.2 Å². The summed E-state index contributed by atoms with van der Waals surface area (Å²) in [4.78, 5) is 40.3. The van der Waals surface area contributed by atoms with E-state index in [4.69, 9.17) is 0 Å². The van der Waals surface area contributed by atoms with Gasteiger partial charge in [-0.05, 0) is 54.8 Å². The van der Waals surface area contributed by atoms with E-state index in [1.54, 1.807) is 19.1 Å². The molecule has 0 bridgehead atoms. The largest absolute Gasteiger partial charge is 0.325 e. The number of benzene rings is 3. The molecule has 1 aliphatic heterocycles. The minimum absolute atomic E-state index is 0.297. The number of hydrogen-bond acceptors (Lipinski definition) is 3. The average molecular weight is 434 g/mol. The second-order valence-electron chi connectivity index (χ2n) is 7.83. The lowest BCUT2D eigenvalue weighted by molar-refractivity contribution is -0.129. The van der Waals surface area contributed by atoms with Crippen LogP contribution in [-0.2, 0) is 10.3 Å². The molecule has 5 nitrogen and oxygen atoms in total. The van der Waals surface area contributed by atoms with Crippen molar-refractivity contribution in [3.8, 4) is 0 Å². The fourth-order valence-corrected chi connectivity index (χ4v) is 4.03. The molecule has 1 heterocycles. The minimum atomic E-state index is -1.71. The van der Waals surface area contributed by atoms with Crippen molar-refractivity contribution in [3.05, 3.63) is 106 Å². The number of rotatable bonds is 5. The van der Waals surface area contributed by atoms with Crippen LogP contribution < -0.4 is 5.32 Å². The molecule has 0 aromatic heterocycles. The first-order chi connectivity index (χ1) is 15.2. The number of carbonyl (C=O) groups excluding carboxylic acids is 3. The summed E-state index contributed by atoms with van der Waals surface area (Å²) in [7, 11) is 0. The number of urea groups is 1. The zero-order valence-corrected chi connectivity index (χ0v) is 17.5. The van der Waals surface area contributed by atoms with E-state index in [0.29, 0.717) is 16.7 Å². The van der Waals surface area contributed by atoms with E-state index in [2.05, 4.69) is 5.32 Å². The molecular weight excluding hydrogens is 414 g/mol. The third-order valence-corrected chi connectivity index (χ3v) is 5.64. The Kier molecular flexibility index (Phi) is 5.34. The Morgan fingerprint density at radius 1 is 0.875 bits per heavy atom. The summed E-state index contributed by atoms with van der Waals surface area (Å²) in [6.45, 7) is 3.23. The Balaban J connectivity index is 1.75. The Bertz CT molecular complexity index is 1180. The van der Waals surface area contributed by atoms with Gasteiger partial charge in [-0.15, -0.1) is 0 Å². The Morgan fingerprint density at radius 2 is 1.41 bits per heavy atom. The van der Waals surface area contributed by atoms with Crippen LogP contribution in [0.1, 0.15) is 32.6 Å². The summed E-state index contributed by atoms with van der Waals surface area (Å²) in [5.41, 5.74) is 1.03. The number of nitrogens with zero attached hydrogens (tertiary/aromatic N) is 1. The molecule has 0 atom stereocenters. The van der Waals surface area contributed by atoms with Gasteiger partial charge in [0.25, 0.3) is 5.91 Å². The predicted molar refractivity (Wildman–Crippen MR) is 114 cm³/mol. The number of carbonyl (C=O) groups is 3. The second-order valence-corrected chi connectivity index (χ2v) is 7.83. The number of Topliss-reactive ketones (excluding diaryl/α,β-unsaturated/α-hetero) is 1. The number of amides is 3. The van der Waals surface area contributed by atoms with Crippen LogP contribution in [0.3, 0.4) is 0 Å². The fraction of sp³-hybridized carbons (Fsp3) is 0.160. The SMILES string of the molecule is Cc1ccc(C(=O)CN2C(=O)NC(c3ccc(F)cc3)(c3ccc(F)cc3)C2=O)c(C)c1. The van der Waals surface area contributed by atoms with Crippen LogP contribution in [-0.4, -0.2) is 29.2 Å². The van der Waals surface area contributed by atoms with Gasteiger partial charge in [0.2, 0.25) is 0 Å². The van der Waals surface area contributed by atoms with Gasteiger partial charge in [-0.2, -0.15) is 0 Å². The number of imide groups is 1. The van der Waals surface area contributed by atoms with E-state index in [1.807, 2.05) is 13.0 Å². The normalized spacial score (nSPS) is 15.1. The Labute approximate surface area is 183 Å². The summed E-state index contributed by atoms with van der Waals surface area (Å²) in [6.07, 6.45) is 0. The predicted octanol–water partition coefficient (Wildman–Crippen LogP) is 4.26. The van der Waals surface area contributed by atoms with E-state index >= 15 is 0 Å². The van der Waals surface area contributed by atoms with Crippen LogP contribution in [0.4, 0.5) is 13.6 Å². The van der Waals surface area contributed by atoms with Gasteiger partial charge in [-0.3, -0.25) is 14.5 Å². The van der Waals surface area contributed by atoms with Gasteiger partial charge < -0.3 is 5.32 Å². The maximum atomic E-state index is 13.6. The molecule has 1 N–H and O–H groups in total. The summed E-state index contributed by atoms with van der Waals surface area (Å²) < 4.78 is 27.1. The van der Waals surface area contributed by atoms with E-state index in [9.17, 15) is 23.2 Å². The van der Waals surface area contributed by atoms with Gasteiger partial charge >= 0.3 is 6.03 Å². The third-order valence-electron chi connectivity index (χ3n) is 5.64. The second kappa shape index (κ2) is 8.00. The molecule has 0 radical (unpaired) electrons. The molecule has 0 unspecified atom stereocenters. The zero-order valence-electron chi connectivity index (χ0n) is 17.5. The molecule has 162 valence electrons. The van der Waals surface area contributed by atoms with E-state index in [-0.39, 0.29) is 5.78 Å². The lowest BCUT2D eigenvalue weighted by Gasteiger charge is -2.28. The number of nitrogens with one attached hydrogen (secondary N) is 1. The standard InChI is InChI=1S/C25H20F2N2O3/c1-15-3-12-21(16(2)13-15)22(30)14-29-23(31)25(28-24(29)32,17-4-8-19(26)9-5-17)18-6-10-20(27)11-7-18/h3-13H,14H2,1-2H3,(H,28,32). The van der Waals surface area contributed by atoms with Gasteiger partial charge in [0, 0.05) is 5.56 Å². The summed E-state index contributed by atoms with van der Waals surface area (Å²) in [5, 5.41) is 2.66. The number of halogens is 2. The molecule has 3 aromatic carbocycles. The number of ketones is 1. The van der Waals surface area contributed by atoms with Crippen LogP contribution >= 0.6 is 0 Å². The van der Waals surface area contributed by atoms with E-state index in [0.717, 1.165) is 16.0 Å². The Morgan fingerprint density at radius 3 is 1.91 bits per heavy atom. The minimum Gasteiger partial charge on any atom is -0.315 e. The molecular formula is C25H20F2N2O3. The molecule has 1 fully saturated rings. The van der Waals surface area contributed by atoms with Crippen molar-refractivity contribution in [2.75, 3.05) is 6.54 Å². The molecule has 1 saturated heterocycles. The van der Waals surface area contributed by atoms with Gasteiger partial charge in [0.05, 0.1) is 6.54 Å². The molecule has 3 amide bonds. The van der Waals surface area contributed by atoms with E-state index < -0.39 is 35.7 Å². The molecule has 0 saturated carbocycles. The fourth-order valence-electron chi connectivity index (χ4n) is 4.03. The number of aryl methyl sites for hydroxylation is 2. The van der Waals surface area contributed by atoms with Crippen LogP contribution in [0.15, 0.2) is 66.7 Å². The van der Waals surface area contributed by atoms with Gasteiger partial charge in [0.15, 0.2) is 11.3 Å². The molecule has 3 aromatic rings. The summed E-state index contributed by atoms with van der Waals surface area (Å²) in [6, 6.07) is 14.7. The van der Waals surface area contributed by atoms with Gasteiger partial charge in [-0.1, -0.05) is 48.0 Å². The zero-order chi connectivity index (χ0) is 23.0. The van der Waals surface area contributed by atoms with Crippen LogP contribution in [0.25, 0.3) is 0 Å². The monoisotopic (exact) mass is 434 g/mol. The van der Waals surface area contributed by atoms with Crippen LogP contribution in [0, 0.1) is 25.5 Å². The maximum absolute atomic E-state index is 13.6. The highest BCUT2D eigenvalue weighted by Gasteiger charge is 2.54. The first-order valence-electron chi connectivity index (χ1n) is 9.99. The summed E-state index contributed by atoms with van der Waals surface area (Å²) >= 11 is 0. The molecule has 7 heteroatoms. The molecule has 0 aliphatic carbocycles. The van der Waals surface area contributed by atoms with Crippen molar-refractivity contribution in [2.24, 2.45) is 0 Å². The third kappa shape index (κ3) is 3.56. The summed E-state index contributed by atoms with van der Waals surface area (Å²) in [5.74, 6) is -2.11. The van der Waals surface area contributed by atoms with Crippen LogP contribution in [0.5, 0.6) is 0 Å². The van der Waals surface area contributed by atoms with Crippen molar-refractivity contribution in [1.29, 1.82) is 0 Å². The van der Waals surface area contributed by atoms with Gasteiger partial charge in [0.1, 0.15) is 11.6 Å². The van der Waals surface area contributed by atoms with E-state index in [1.165, 1.54) is 48.5 Å². The average Bonchev–Trinajstić information content (AvgIpc) is 3.00. The lowest BCUT2D eigenvalue weighted by Crippen LogP contribution is -2.45. The highest BCUT2D eigenvalue weighted by Crippen LogP contribution is 2.36. The Hall–Kier alpha value is -3.87. The highest BCUT2D eigenvalue weighted by atomic mass is 19.1. The van der Waals surface area contributed by atoms with Crippen molar-refractivity contribution in [3.63, 3.8) is 0 Å². The number of hydrogen-bond donors (Lipinski definition) is 1. The van der Waals surface area contributed by atoms with Gasteiger partial charge in [-0.25, -0.2) is 13.6 Å². The molecule has 4 rings (SSSR count).